The van der Waals surface area contributed by atoms with Gasteiger partial charge in [0.15, 0.2) is 0 Å². The van der Waals surface area contributed by atoms with E-state index in [2.05, 4.69) is 19.2 Å². The molecule has 1 fully saturated rings. The van der Waals surface area contributed by atoms with Gasteiger partial charge in [0.25, 0.3) is 0 Å². The summed E-state index contributed by atoms with van der Waals surface area (Å²) in [5.74, 6) is 0.967. The van der Waals surface area contributed by atoms with Crippen molar-refractivity contribution in [3.8, 4) is 0 Å². The van der Waals surface area contributed by atoms with Crippen LogP contribution in [-0.2, 0) is 4.74 Å². The van der Waals surface area contributed by atoms with E-state index in [4.69, 9.17) is 4.74 Å². The Morgan fingerprint density at radius 2 is 1.93 bits per heavy atom. The van der Waals surface area contributed by atoms with Crippen LogP contribution in [0.5, 0.6) is 0 Å². The molecule has 2 heteroatoms. The number of likely N-dealkylation sites (N-methyl/N-ethyl adjacent to an activating group) is 1. The van der Waals surface area contributed by atoms with Crippen molar-refractivity contribution < 1.29 is 4.74 Å². The fourth-order valence-corrected chi connectivity index (χ4v) is 2.34. The molecule has 1 rings (SSSR count). The minimum Gasteiger partial charge on any atom is -0.374 e. The van der Waals surface area contributed by atoms with Gasteiger partial charge in [0, 0.05) is 6.54 Å². The lowest BCUT2D eigenvalue weighted by molar-refractivity contribution is -0.0266. The van der Waals surface area contributed by atoms with Gasteiger partial charge in [-0.3, -0.25) is 0 Å². The quantitative estimate of drug-likeness (QED) is 0.735. The molecule has 0 aromatic heterocycles. The van der Waals surface area contributed by atoms with Crippen molar-refractivity contribution in [3.05, 3.63) is 0 Å². The van der Waals surface area contributed by atoms with Gasteiger partial charge in [-0.15, -0.1) is 0 Å². The fraction of sp³-hybridized carbons (Fsp3) is 1.00. The van der Waals surface area contributed by atoms with E-state index in [1.165, 1.54) is 32.1 Å². The summed E-state index contributed by atoms with van der Waals surface area (Å²) in [6.45, 7) is 5.42. The zero-order chi connectivity index (χ0) is 10.4. The number of nitrogens with one attached hydrogen (secondary N) is 1. The predicted octanol–water partition coefficient (Wildman–Crippen LogP) is 2.58. The third-order valence-electron chi connectivity index (χ3n) is 3.29. The molecular weight excluding hydrogens is 174 g/mol. The van der Waals surface area contributed by atoms with E-state index in [9.17, 15) is 0 Å². The van der Waals surface area contributed by atoms with Crippen molar-refractivity contribution in [1.82, 2.24) is 5.32 Å². The maximum absolute atomic E-state index is 5.96. The molecule has 1 N–H and O–H groups in total. The smallest absolute Gasteiger partial charge is 0.0674 e. The zero-order valence-corrected chi connectivity index (χ0v) is 9.88. The van der Waals surface area contributed by atoms with Crippen LogP contribution in [0.4, 0.5) is 0 Å². The highest BCUT2D eigenvalue weighted by atomic mass is 16.5. The lowest BCUT2D eigenvalue weighted by atomic mass is 9.86. The summed E-state index contributed by atoms with van der Waals surface area (Å²) in [7, 11) is 1.98. The van der Waals surface area contributed by atoms with E-state index in [0.29, 0.717) is 12.2 Å². The van der Waals surface area contributed by atoms with E-state index in [1.54, 1.807) is 0 Å². The summed E-state index contributed by atoms with van der Waals surface area (Å²) in [4.78, 5) is 0. The average Bonchev–Trinajstić information content (AvgIpc) is 2.19. The van der Waals surface area contributed by atoms with Crippen LogP contribution in [0.3, 0.4) is 0 Å². The molecule has 0 spiro atoms. The van der Waals surface area contributed by atoms with Crippen LogP contribution < -0.4 is 5.32 Å². The lowest BCUT2D eigenvalue weighted by Gasteiger charge is -2.30. The van der Waals surface area contributed by atoms with Crippen LogP contribution in [0.1, 0.15) is 46.0 Å². The van der Waals surface area contributed by atoms with Gasteiger partial charge in [-0.1, -0.05) is 13.3 Å². The van der Waals surface area contributed by atoms with Crippen LogP contribution >= 0.6 is 0 Å². The van der Waals surface area contributed by atoms with E-state index >= 15 is 0 Å². The van der Waals surface area contributed by atoms with E-state index < -0.39 is 0 Å². The monoisotopic (exact) mass is 199 g/mol. The predicted molar refractivity (Wildman–Crippen MR) is 60.5 cm³/mol. The number of hydrogen-bond donors (Lipinski definition) is 1. The Morgan fingerprint density at radius 3 is 2.43 bits per heavy atom. The Hall–Kier alpha value is -0.0800. The van der Waals surface area contributed by atoms with Crippen molar-refractivity contribution >= 4 is 0 Å². The molecular formula is C12H25NO. The van der Waals surface area contributed by atoms with Gasteiger partial charge in [0.1, 0.15) is 0 Å². The first kappa shape index (κ1) is 12.0. The second-order valence-electron chi connectivity index (χ2n) is 4.56. The Kier molecular flexibility index (Phi) is 5.49. The maximum atomic E-state index is 5.96. The zero-order valence-electron chi connectivity index (χ0n) is 9.88. The number of ether oxygens (including phenoxy) is 1. The molecule has 1 saturated carbocycles. The molecule has 0 aromatic carbocycles. The van der Waals surface area contributed by atoms with Crippen molar-refractivity contribution in [1.29, 1.82) is 0 Å². The highest BCUT2D eigenvalue weighted by molar-refractivity contribution is 4.73. The van der Waals surface area contributed by atoms with Crippen LogP contribution in [0.15, 0.2) is 0 Å². The minimum atomic E-state index is 0.364. The Bertz CT molecular complexity index is 141. The summed E-state index contributed by atoms with van der Waals surface area (Å²) in [6, 6.07) is 0. The molecule has 0 bridgehead atoms. The Balaban J connectivity index is 2.15. The maximum Gasteiger partial charge on any atom is 0.0674 e. The van der Waals surface area contributed by atoms with Crippen LogP contribution in [0.2, 0.25) is 0 Å². The van der Waals surface area contributed by atoms with E-state index in [0.717, 1.165) is 12.5 Å². The van der Waals surface area contributed by atoms with Crippen LogP contribution in [0.25, 0.3) is 0 Å². The van der Waals surface area contributed by atoms with Crippen molar-refractivity contribution in [2.75, 3.05) is 13.6 Å². The average molecular weight is 199 g/mol. The largest absolute Gasteiger partial charge is 0.374 e. The van der Waals surface area contributed by atoms with Gasteiger partial charge in [0.2, 0.25) is 0 Å². The topological polar surface area (TPSA) is 21.3 Å². The SMILES string of the molecule is CCC1CCC(OC(C)CNC)CC1. The number of hydrogen-bond acceptors (Lipinski definition) is 2. The second kappa shape index (κ2) is 6.41. The molecule has 0 amide bonds. The molecule has 0 saturated heterocycles. The first-order chi connectivity index (χ1) is 6.76. The normalized spacial score (nSPS) is 30.2. The Morgan fingerprint density at radius 1 is 1.29 bits per heavy atom. The second-order valence-corrected chi connectivity index (χ2v) is 4.56. The summed E-state index contributed by atoms with van der Waals surface area (Å²) < 4.78 is 5.96. The third-order valence-corrected chi connectivity index (χ3v) is 3.29. The first-order valence-electron chi connectivity index (χ1n) is 6.06. The summed E-state index contributed by atoms with van der Waals surface area (Å²) in [5, 5.41) is 3.15. The summed E-state index contributed by atoms with van der Waals surface area (Å²) in [6.07, 6.45) is 7.52. The first-order valence-corrected chi connectivity index (χ1v) is 6.06. The minimum absolute atomic E-state index is 0.364. The van der Waals surface area contributed by atoms with Crippen molar-refractivity contribution in [2.24, 2.45) is 5.92 Å². The molecule has 0 heterocycles. The molecule has 2 nitrogen and oxygen atoms in total. The molecule has 84 valence electrons. The highest BCUT2D eigenvalue weighted by Gasteiger charge is 2.21. The highest BCUT2D eigenvalue weighted by Crippen LogP contribution is 2.28. The fourth-order valence-electron chi connectivity index (χ4n) is 2.34. The van der Waals surface area contributed by atoms with Gasteiger partial charge in [-0.2, -0.15) is 0 Å². The van der Waals surface area contributed by atoms with Crippen LogP contribution in [0, 0.1) is 5.92 Å². The number of rotatable bonds is 5. The summed E-state index contributed by atoms with van der Waals surface area (Å²) in [5.41, 5.74) is 0. The van der Waals surface area contributed by atoms with Gasteiger partial charge in [-0.05, 0) is 45.6 Å². The van der Waals surface area contributed by atoms with Gasteiger partial charge in [-0.25, -0.2) is 0 Å². The van der Waals surface area contributed by atoms with Gasteiger partial charge in [0.05, 0.1) is 12.2 Å². The molecule has 1 atom stereocenters. The van der Waals surface area contributed by atoms with Gasteiger partial charge >= 0.3 is 0 Å². The Labute approximate surface area is 88.4 Å². The molecule has 0 radical (unpaired) electrons. The summed E-state index contributed by atoms with van der Waals surface area (Å²) >= 11 is 0. The molecule has 0 aliphatic heterocycles. The van der Waals surface area contributed by atoms with Crippen molar-refractivity contribution in [2.45, 2.75) is 58.2 Å². The van der Waals surface area contributed by atoms with E-state index in [-0.39, 0.29) is 0 Å². The molecule has 1 aliphatic rings. The molecule has 0 aromatic rings. The third kappa shape index (κ3) is 3.97. The lowest BCUT2D eigenvalue weighted by Crippen LogP contribution is -2.30. The molecule has 1 aliphatic carbocycles. The molecule has 1 unspecified atom stereocenters. The van der Waals surface area contributed by atoms with Gasteiger partial charge < -0.3 is 10.1 Å². The molecule has 14 heavy (non-hydrogen) atoms. The van der Waals surface area contributed by atoms with E-state index in [1.807, 2.05) is 7.05 Å². The van der Waals surface area contributed by atoms with Crippen LogP contribution in [-0.4, -0.2) is 25.8 Å². The standard InChI is InChI=1S/C12H25NO/c1-4-11-5-7-12(8-6-11)14-10(2)9-13-3/h10-13H,4-9H2,1-3H3. The van der Waals surface area contributed by atoms with Crippen molar-refractivity contribution in [3.63, 3.8) is 0 Å².